The van der Waals surface area contributed by atoms with Crippen molar-refractivity contribution in [3.63, 3.8) is 0 Å². The zero-order chi connectivity index (χ0) is 17.2. The fraction of sp³-hybridized carbons (Fsp3) is 0.125. The number of nitrogens with one attached hydrogen (secondary N) is 1. The summed E-state index contributed by atoms with van der Waals surface area (Å²) in [6.45, 7) is 10.9. The van der Waals surface area contributed by atoms with Crippen LogP contribution in [-0.2, 0) is 10.1 Å². The van der Waals surface area contributed by atoms with Gasteiger partial charge < -0.3 is 4.98 Å². The van der Waals surface area contributed by atoms with Gasteiger partial charge in [-0.3, -0.25) is 14.5 Å². The first-order valence-electron chi connectivity index (χ1n) is 6.72. The Labute approximate surface area is 135 Å². The van der Waals surface area contributed by atoms with Crippen LogP contribution in [0.4, 0.5) is 11.4 Å². The predicted octanol–water partition coefficient (Wildman–Crippen LogP) is 3.60. The lowest BCUT2D eigenvalue weighted by atomic mass is 10.1. The zero-order valence-electron chi connectivity index (χ0n) is 12.9. The van der Waals surface area contributed by atoms with E-state index in [2.05, 4.69) is 28.3 Å². The fourth-order valence-corrected chi connectivity index (χ4v) is 2.80. The first kappa shape index (κ1) is 16.9. The highest BCUT2D eigenvalue weighted by Crippen LogP contribution is 2.28. The molecule has 6 nitrogen and oxygen atoms in total. The van der Waals surface area contributed by atoms with Crippen molar-refractivity contribution in [2.24, 2.45) is 9.98 Å². The van der Waals surface area contributed by atoms with Gasteiger partial charge in [0, 0.05) is 5.69 Å². The largest absolute Gasteiger partial charge is 0.354 e. The number of aliphatic imine (C=N–C) groups is 2. The Morgan fingerprint density at radius 2 is 1.87 bits per heavy atom. The average Bonchev–Trinajstić information content (AvgIpc) is 2.79. The third-order valence-corrected chi connectivity index (χ3v) is 4.46. The molecule has 0 aliphatic rings. The number of nitrogens with zero attached hydrogens (tertiary/aromatic N) is 2. The molecular formula is C16H17N3O3S. The van der Waals surface area contributed by atoms with Crippen molar-refractivity contribution >= 4 is 40.5 Å². The lowest BCUT2D eigenvalue weighted by Gasteiger charge is -2.03. The van der Waals surface area contributed by atoms with Gasteiger partial charge >= 0.3 is 0 Å². The highest BCUT2D eigenvalue weighted by Gasteiger charge is 2.15. The van der Waals surface area contributed by atoms with E-state index in [0.717, 1.165) is 22.5 Å². The van der Waals surface area contributed by atoms with Crippen molar-refractivity contribution in [3.8, 4) is 0 Å². The van der Waals surface area contributed by atoms with Crippen molar-refractivity contribution in [3.05, 3.63) is 47.3 Å². The molecule has 0 bridgehead atoms. The van der Waals surface area contributed by atoms with Crippen molar-refractivity contribution in [1.29, 1.82) is 0 Å². The van der Waals surface area contributed by atoms with Gasteiger partial charge in [-0.15, -0.1) is 0 Å². The molecule has 120 valence electrons. The van der Waals surface area contributed by atoms with Gasteiger partial charge in [0.25, 0.3) is 10.1 Å². The normalized spacial score (nSPS) is 11.8. The van der Waals surface area contributed by atoms with E-state index >= 15 is 0 Å². The number of hydrogen-bond acceptors (Lipinski definition) is 4. The molecule has 2 N–H and O–H groups in total. The summed E-state index contributed by atoms with van der Waals surface area (Å²) in [6.07, 6.45) is 3.32. The Bertz CT molecular complexity index is 909. The Kier molecular flexibility index (Phi) is 4.63. The van der Waals surface area contributed by atoms with Crippen LogP contribution >= 0.6 is 0 Å². The molecule has 0 aliphatic carbocycles. The van der Waals surface area contributed by atoms with Gasteiger partial charge in [-0.25, -0.2) is 0 Å². The number of aromatic amines is 1. The molecule has 0 saturated carbocycles. The molecule has 0 amide bonds. The smallest absolute Gasteiger partial charge is 0.296 e. The molecular weight excluding hydrogens is 314 g/mol. The summed E-state index contributed by atoms with van der Waals surface area (Å²) in [5.74, 6) is 0. The Balaban J connectivity index is 2.45. The van der Waals surface area contributed by atoms with Gasteiger partial charge in [0.15, 0.2) is 0 Å². The van der Waals surface area contributed by atoms with E-state index in [4.69, 9.17) is 0 Å². The highest BCUT2D eigenvalue weighted by molar-refractivity contribution is 7.86. The van der Waals surface area contributed by atoms with Gasteiger partial charge in [-0.2, -0.15) is 8.42 Å². The third kappa shape index (κ3) is 3.46. The van der Waals surface area contributed by atoms with Crippen LogP contribution in [0.3, 0.4) is 0 Å². The van der Waals surface area contributed by atoms with Gasteiger partial charge in [0.1, 0.15) is 4.90 Å². The second kappa shape index (κ2) is 6.31. The number of hydrogen-bond donors (Lipinski definition) is 2. The maximum absolute atomic E-state index is 11.4. The van der Waals surface area contributed by atoms with E-state index in [1.54, 1.807) is 18.4 Å². The van der Waals surface area contributed by atoms with Crippen molar-refractivity contribution in [1.82, 2.24) is 4.98 Å². The van der Waals surface area contributed by atoms with E-state index in [1.165, 1.54) is 12.1 Å². The van der Waals surface area contributed by atoms with Crippen molar-refractivity contribution in [2.45, 2.75) is 18.7 Å². The summed E-state index contributed by atoms with van der Waals surface area (Å²) in [7, 11) is -4.39. The number of H-pyrrole nitrogens is 1. The first-order chi connectivity index (χ1) is 10.8. The molecule has 1 aromatic carbocycles. The van der Waals surface area contributed by atoms with Crippen molar-refractivity contribution < 1.29 is 13.0 Å². The monoisotopic (exact) mass is 331 g/mol. The van der Waals surface area contributed by atoms with Crippen LogP contribution in [-0.4, -0.2) is 30.9 Å². The second-order valence-electron chi connectivity index (χ2n) is 4.95. The Hall–Kier alpha value is -2.51. The standard InChI is InChI=1S/C16H17N3O3S/c1-5-13-10(2)11(3)15(19-13)9-18-12-6-7-14(17-4)16(8-12)23(20,21)22/h5-9,19H,1,4H2,2-3H3,(H,20,21,22). The van der Waals surface area contributed by atoms with E-state index in [-0.39, 0.29) is 10.6 Å². The lowest BCUT2D eigenvalue weighted by molar-refractivity contribution is 0.483. The fourth-order valence-electron chi connectivity index (χ4n) is 2.13. The molecule has 0 radical (unpaired) electrons. The third-order valence-electron chi connectivity index (χ3n) is 3.58. The quantitative estimate of drug-likeness (QED) is 0.647. The molecule has 23 heavy (non-hydrogen) atoms. The predicted molar refractivity (Wildman–Crippen MR) is 93.1 cm³/mol. The molecule has 1 aromatic heterocycles. The van der Waals surface area contributed by atoms with Crippen LogP contribution in [0, 0.1) is 13.8 Å². The average molecular weight is 331 g/mol. The van der Waals surface area contributed by atoms with Crippen LogP contribution in [0.1, 0.15) is 22.5 Å². The summed E-state index contributed by atoms with van der Waals surface area (Å²) in [4.78, 5) is 10.7. The molecule has 1 heterocycles. The summed E-state index contributed by atoms with van der Waals surface area (Å²) in [5.41, 5.74) is 4.27. The first-order valence-corrected chi connectivity index (χ1v) is 8.16. The molecule has 0 saturated heterocycles. The van der Waals surface area contributed by atoms with E-state index in [9.17, 15) is 13.0 Å². The minimum Gasteiger partial charge on any atom is -0.354 e. The minimum atomic E-state index is -4.39. The maximum Gasteiger partial charge on any atom is 0.296 e. The number of rotatable bonds is 5. The molecule has 0 spiro atoms. The summed E-state index contributed by atoms with van der Waals surface area (Å²) < 4.78 is 32.0. The number of benzene rings is 1. The van der Waals surface area contributed by atoms with Gasteiger partial charge in [0.2, 0.25) is 0 Å². The topological polar surface area (TPSA) is 94.9 Å². The minimum absolute atomic E-state index is 0.0762. The molecule has 7 heteroatoms. The lowest BCUT2D eigenvalue weighted by Crippen LogP contribution is -1.98. The van der Waals surface area contributed by atoms with Gasteiger partial charge in [-0.1, -0.05) is 6.58 Å². The molecule has 0 aliphatic heterocycles. The maximum atomic E-state index is 11.4. The van der Waals surface area contributed by atoms with E-state index in [1.807, 2.05) is 13.8 Å². The number of aromatic nitrogens is 1. The molecule has 0 atom stereocenters. The molecule has 2 aromatic rings. The summed E-state index contributed by atoms with van der Waals surface area (Å²) in [5, 5.41) is 0. The Morgan fingerprint density at radius 3 is 2.39 bits per heavy atom. The van der Waals surface area contributed by atoms with Crippen LogP contribution in [0.5, 0.6) is 0 Å². The van der Waals surface area contributed by atoms with Crippen LogP contribution in [0.25, 0.3) is 6.08 Å². The SMILES string of the molecule is C=Cc1[nH]c(C=Nc2ccc(N=C)c(S(=O)(=O)O)c2)c(C)c1C. The van der Waals surface area contributed by atoms with Crippen LogP contribution in [0.2, 0.25) is 0 Å². The van der Waals surface area contributed by atoms with E-state index < -0.39 is 10.1 Å². The van der Waals surface area contributed by atoms with Crippen molar-refractivity contribution in [2.75, 3.05) is 0 Å². The zero-order valence-corrected chi connectivity index (χ0v) is 13.7. The van der Waals surface area contributed by atoms with Crippen LogP contribution in [0.15, 0.2) is 39.7 Å². The highest BCUT2D eigenvalue weighted by atomic mass is 32.2. The van der Waals surface area contributed by atoms with Gasteiger partial charge in [-0.05, 0) is 56.0 Å². The van der Waals surface area contributed by atoms with E-state index in [0.29, 0.717) is 5.69 Å². The summed E-state index contributed by atoms with van der Waals surface area (Å²) in [6, 6.07) is 4.27. The second-order valence-corrected chi connectivity index (χ2v) is 6.34. The van der Waals surface area contributed by atoms with Gasteiger partial charge in [0.05, 0.1) is 23.3 Å². The van der Waals surface area contributed by atoms with Crippen LogP contribution < -0.4 is 0 Å². The molecule has 2 rings (SSSR count). The Morgan fingerprint density at radius 1 is 1.22 bits per heavy atom. The summed E-state index contributed by atoms with van der Waals surface area (Å²) >= 11 is 0. The molecule has 0 fully saturated rings. The molecule has 0 unspecified atom stereocenters.